The van der Waals surface area contributed by atoms with E-state index in [0.29, 0.717) is 0 Å². The maximum Gasteiger partial charge on any atom is 0.244 e. The van der Waals surface area contributed by atoms with Crippen LogP contribution in [0, 0.1) is 0 Å². The Hall–Kier alpha value is -2.44. The predicted molar refractivity (Wildman–Crippen MR) is 107 cm³/mol. The largest absolute Gasteiger partial charge is 0.361 e. The molecule has 0 bridgehead atoms. The number of hydrogen-bond acceptors (Lipinski definition) is 3. The minimum absolute atomic E-state index is 0.142. The average molecular weight is 412 g/mol. The Morgan fingerprint density at radius 2 is 1.92 bits per heavy atom. The van der Waals surface area contributed by atoms with Crippen LogP contribution >= 0.6 is 27.3 Å². The summed E-state index contributed by atoms with van der Waals surface area (Å²) in [5.74, 6) is -0.142. The van der Waals surface area contributed by atoms with E-state index in [9.17, 15) is 4.79 Å². The molecule has 0 unspecified atom stereocenters. The first-order chi connectivity index (χ1) is 12.2. The van der Waals surface area contributed by atoms with Gasteiger partial charge in [-0.1, -0.05) is 36.4 Å². The van der Waals surface area contributed by atoms with Crippen LogP contribution < -0.4 is 5.43 Å². The zero-order valence-corrected chi connectivity index (χ0v) is 15.5. The summed E-state index contributed by atoms with van der Waals surface area (Å²) in [5, 5.41) is 6.31. The van der Waals surface area contributed by atoms with Gasteiger partial charge >= 0.3 is 0 Å². The first kappa shape index (κ1) is 16.1. The average Bonchev–Trinajstić information content (AvgIpc) is 3.16. The Kier molecular flexibility index (Phi) is 4.38. The molecule has 0 saturated heterocycles. The summed E-state index contributed by atoms with van der Waals surface area (Å²) in [6, 6.07) is 16.1. The minimum atomic E-state index is -0.142. The highest BCUT2D eigenvalue weighted by atomic mass is 79.9. The number of aromatic nitrogens is 1. The summed E-state index contributed by atoms with van der Waals surface area (Å²) < 4.78 is 2.18. The number of rotatable bonds is 4. The fourth-order valence-electron chi connectivity index (χ4n) is 2.82. The van der Waals surface area contributed by atoms with Crippen LogP contribution in [0.4, 0.5) is 0 Å². The molecule has 1 amide bonds. The van der Waals surface area contributed by atoms with Crippen molar-refractivity contribution in [1.82, 2.24) is 10.4 Å². The summed E-state index contributed by atoms with van der Waals surface area (Å²) in [6.45, 7) is 0. The number of fused-ring (bicyclic) bond motifs is 2. The van der Waals surface area contributed by atoms with Crippen LogP contribution in [-0.2, 0) is 11.2 Å². The molecule has 0 spiro atoms. The molecular formula is C19H14BrN3OS. The maximum atomic E-state index is 12.2. The second kappa shape index (κ2) is 6.82. The molecule has 2 heterocycles. The summed E-state index contributed by atoms with van der Waals surface area (Å²) >= 11 is 5.21. The molecule has 0 radical (unpaired) electrons. The van der Waals surface area contributed by atoms with Gasteiger partial charge in [-0.05, 0) is 33.6 Å². The number of amides is 1. The van der Waals surface area contributed by atoms with E-state index < -0.39 is 0 Å². The van der Waals surface area contributed by atoms with Crippen molar-refractivity contribution in [2.75, 3.05) is 0 Å². The van der Waals surface area contributed by atoms with Crippen molar-refractivity contribution in [1.29, 1.82) is 0 Å². The van der Waals surface area contributed by atoms with E-state index in [1.165, 1.54) is 4.70 Å². The van der Waals surface area contributed by atoms with Crippen molar-refractivity contribution >= 4 is 60.4 Å². The lowest BCUT2D eigenvalue weighted by molar-refractivity contribution is -0.120. The highest BCUT2D eigenvalue weighted by Gasteiger charge is 2.09. The highest BCUT2D eigenvalue weighted by Crippen LogP contribution is 2.34. The number of H-pyrrole nitrogens is 1. The standard InChI is InChI=1S/C19H14BrN3OS/c20-19-15(14-6-2-4-8-17(14)25-19)11-22-23-18(24)9-12-10-21-16-7-3-1-5-13(12)16/h1-8,10-11,21H,9H2,(H,23,24). The van der Waals surface area contributed by atoms with E-state index in [4.69, 9.17) is 0 Å². The second-order valence-corrected chi connectivity index (χ2v) is 7.99. The van der Waals surface area contributed by atoms with Crippen LogP contribution in [0.2, 0.25) is 0 Å². The molecule has 4 rings (SSSR count). The normalized spacial score (nSPS) is 11.6. The quantitative estimate of drug-likeness (QED) is 0.366. The maximum absolute atomic E-state index is 12.2. The van der Waals surface area contributed by atoms with Crippen molar-refractivity contribution in [2.24, 2.45) is 5.10 Å². The predicted octanol–water partition coefficient (Wildman–Crippen LogP) is 4.84. The van der Waals surface area contributed by atoms with Crippen molar-refractivity contribution < 1.29 is 4.79 Å². The van der Waals surface area contributed by atoms with Gasteiger partial charge in [-0.25, -0.2) is 5.43 Å². The Morgan fingerprint density at radius 3 is 2.80 bits per heavy atom. The van der Waals surface area contributed by atoms with Gasteiger partial charge in [0, 0.05) is 32.7 Å². The topological polar surface area (TPSA) is 57.2 Å². The van der Waals surface area contributed by atoms with Gasteiger partial charge < -0.3 is 4.98 Å². The van der Waals surface area contributed by atoms with Gasteiger partial charge in [0.1, 0.15) is 0 Å². The number of aromatic amines is 1. The van der Waals surface area contributed by atoms with E-state index in [-0.39, 0.29) is 12.3 Å². The number of para-hydroxylation sites is 1. The number of hydrogen-bond donors (Lipinski definition) is 2. The van der Waals surface area contributed by atoms with Crippen LogP contribution in [0.1, 0.15) is 11.1 Å². The number of benzene rings is 2. The minimum Gasteiger partial charge on any atom is -0.361 e. The lowest BCUT2D eigenvalue weighted by atomic mass is 10.1. The van der Waals surface area contributed by atoms with Crippen molar-refractivity contribution in [3.05, 3.63) is 69.6 Å². The third kappa shape index (κ3) is 3.23. The van der Waals surface area contributed by atoms with E-state index in [1.807, 2.05) is 48.7 Å². The molecule has 0 aliphatic heterocycles. The zero-order valence-electron chi connectivity index (χ0n) is 13.1. The Bertz CT molecular complexity index is 1100. The lowest BCUT2D eigenvalue weighted by Gasteiger charge is -1.99. The van der Waals surface area contributed by atoms with Gasteiger partial charge in [-0.15, -0.1) is 11.3 Å². The first-order valence-corrected chi connectivity index (χ1v) is 9.37. The van der Waals surface area contributed by atoms with E-state index >= 15 is 0 Å². The summed E-state index contributed by atoms with van der Waals surface area (Å²) in [6.07, 6.45) is 3.85. The van der Waals surface area contributed by atoms with Crippen LogP contribution in [0.15, 0.2) is 63.6 Å². The van der Waals surface area contributed by atoms with Crippen LogP contribution in [0.3, 0.4) is 0 Å². The zero-order chi connectivity index (χ0) is 17.2. The fraction of sp³-hybridized carbons (Fsp3) is 0.0526. The number of halogens is 1. The summed E-state index contributed by atoms with van der Waals surface area (Å²) in [5.41, 5.74) is 5.59. The number of carbonyl (C=O) groups excluding carboxylic acids is 1. The van der Waals surface area contributed by atoms with Crippen molar-refractivity contribution in [2.45, 2.75) is 6.42 Å². The summed E-state index contributed by atoms with van der Waals surface area (Å²) in [4.78, 5) is 15.4. The Morgan fingerprint density at radius 1 is 1.16 bits per heavy atom. The van der Waals surface area contributed by atoms with Gasteiger partial charge in [0.05, 0.1) is 16.4 Å². The van der Waals surface area contributed by atoms with Gasteiger partial charge in [0.2, 0.25) is 5.91 Å². The fourth-order valence-corrected chi connectivity index (χ4v) is 4.55. The van der Waals surface area contributed by atoms with Crippen molar-refractivity contribution in [3.63, 3.8) is 0 Å². The third-order valence-corrected chi connectivity index (χ3v) is 5.89. The van der Waals surface area contributed by atoms with Gasteiger partial charge in [-0.3, -0.25) is 4.79 Å². The molecule has 0 atom stereocenters. The molecule has 2 N–H and O–H groups in total. The molecule has 25 heavy (non-hydrogen) atoms. The smallest absolute Gasteiger partial charge is 0.244 e. The van der Waals surface area contributed by atoms with Gasteiger partial charge in [0.15, 0.2) is 0 Å². The van der Waals surface area contributed by atoms with E-state index in [1.54, 1.807) is 17.6 Å². The molecule has 0 saturated carbocycles. The molecule has 4 aromatic rings. The van der Waals surface area contributed by atoms with Gasteiger partial charge in [0.25, 0.3) is 0 Å². The number of hydrazone groups is 1. The summed E-state index contributed by atoms with van der Waals surface area (Å²) in [7, 11) is 0. The SMILES string of the molecule is O=C(Cc1c[nH]c2ccccc12)NN=Cc1c(Br)sc2ccccc12. The number of thiophene rings is 1. The molecule has 2 aromatic carbocycles. The van der Waals surface area contributed by atoms with E-state index in [0.717, 1.165) is 31.2 Å². The molecule has 6 heteroatoms. The molecule has 4 nitrogen and oxygen atoms in total. The Labute approximate surface area is 156 Å². The number of nitrogens with zero attached hydrogens (tertiary/aromatic N) is 1. The second-order valence-electron chi connectivity index (χ2n) is 5.62. The first-order valence-electron chi connectivity index (χ1n) is 7.76. The molecular weight excluding hydrogens is 398 g/mol. The number of nitrogens with one attached hydrogen (secondary N) is 2. The van der Waals surface area contributed by atoms with Crippen LogP contribution in [-0.4, -0.2) is 17.1 Å². The van der Waals surface area contributed by atoms with E-state index in [2.05, 4.69) is 37.5 Å². The lowest BCUT2D eigenvalue weighted by Crippen LogP contribution is -2.19. The monoisotopic (exact) mass is 411 g/mol. The van der Waals surface area contributed by atoms with Crippen LogP contribution in [0.25, 0.3) is 21.0 Å². The Balaban J connectivity index is 1.48. The van der Waals surface area contributed by atoms with Gasteiger partial charge in [-0.2, -0.15) is 5.10 Å². The molecule has 0 fully saturated rings. The number of carbonyl (C=O) groups is 1. The third-order valence-electron chi connectivity index (χ3n) is 4.00. The van der Waals surface area contributed by atoms with Crippen molar-refractivity contribution in [3.8, 4) is 0 Å². The van der Waals surface area contributed by atoms with Crippen LogP contribution in [0.5, 0.6) is 0 Å². The molecule has 0 aliphatic carbocycles. The molecule has 124 valence electrons. The highest BCUT2D eigenvalue weighted by molar-refractivity contribution is 9.11. The molecule has 2 aromatic heterocycles. The molecule has 0 aliphatic rings.